The van der Waals surface area contributed by atoms with Crippen LogP contribution in [0, 0.1) is 0 Å². The number of aromatic nitrogens is 2. The number of nitrogens with one attached hydrogen (secondary N) is 1. The fourth-order valence-corrected chi connectivity index (χ4v) is 1.61. The molecule has 4 nitrogen and oxygen atoms in total. The van der Waals surface area contributed by atoms with Crippen LogP contribution >= 0.6 is 0 Å². The van der Waals surface area contributed by atoms with Crippen molar-refractivity contribution in [1.29, 1.82) is 0 Å². The second-order valence-corrected chi connectivity index (χ2v) is 4.23. The highest BCUT2D eigenvalue weighted by Gasteiger charge is 2.31. The first-order chi connectivity index (χ1) is 8.96. The van der Waals surface area contributed by atoms with E-state index >= 15 is 0 Å². The van der Waals surface area contributed by atoms with E-state index in [9.17, 15) is 13.2 Å². The molecule has 1 N–H and O–H groups in total. The lowest BCUT2D eigenvalue weighted by Gasteiger charge is -2.24. The summed E-state index contributed by atoms with van der Waals surface area (Å²) in [6, 6.07) is 0. The molecule has 0 bridgehead atoms. The van der Waals surface area contributed by atoms with E-state index in [4.69, 9.17) is 0 Å². The Hall–Kier alpha value is -1.53. The summed E-state index contributed by atoms with van der Waals surface area (Å²) in [6.45, 7) is 3.83. The highest BCUT2D eigenvalue weighted by Crippen LogP contribution is 2.21. The normalized spacial score (nSPS) is 11.4. The fourth-order valence-electron chi connectivity index (χ4n) is 1.61. The summed E-state index contributed by atoms with van der Waals surface area (Å²) in [4.78, 5) is 9.30. The Kier molecular flexibility index (Phi) is 5.85. The summed E-state index contributed by atoms with van der Waals surface area (Å²) < 4.78 is 37.5. The average molecular weight is 276 g/mol. The minimum absolute atomic E-state index is 0.250. The molecule has 0 atom stereocenters. The zero-order chi connectivity index (χ0) is 14.3. The molecule has 0 fully saturated rings. The van der Waals surface area contributed by atoms with Crippen LogP contribution < -0.4 is 10.2 Å². The third kappa shape index (κ3) is 5.76. The molecule has 108 valence electrons. The van der Waals surface area contributed by atoms with Crippen LogP contribution in [0.15, 0.2) is 12.4 Å². The highest BCUT2D eigenvalue weighted by molar-refractivity contribution is 5.43. The van der Waals surface area contributed by atoms with Gasteiger partial charge in [-0.1, -0.05) is 13.8 Å². The SMILES string of the molecule is CCCNc1cncc(N(CCC)CC(F)(F)F)n1. The molecular formula is C12H19F3N4. The van der Waals surface area contributed by atoms with Crippen molar-refractivity contribution in [2.75, 3.05) is 29.9 Å². The van der Waals surface area contributed by atoms with Crippen LogP contribution in [0.3, 0.4) is 0 Å². The Labute approximate surface area is 111 Å². The molecule has 0 radical (unpaired) electrons. The van der Waals surface area contributed by atoms with E-state index in [1.54, 1.807) is 0 Å². The van der Waals surface area contributed by atoms with E-state index in [0.29, 0.717) is 25.3 Å². The fraction of sp³-hybridized carbons (Fsp3) is 0.667. The maximum absolute atomic E-state index is 12.5. The van der Waals surface area contributed by atoms with Crippen LogP contribution in [0.1, 0.15) is 26.7 Å². The maximum atomic E-state index is 12.5. The molecular weight excluding hydrogens is 257 g/mol. The molecule has 0 saturated heterocycles. The average Bonchev–Trinajstić information content (AvgIpc) is 2.35. The lowest BCUT2D eigenvalue weighted by Crippen LogP contribution is -2.35. The molecule has 0 aromatic carbocycles. The number of hydrogen-bond donors (Lipinski definition) is 1. The van der Waals surface area contributed by atoms with Gasteiger partial charge in [0.2, 0.25) is 0 Å². The summed E-state index contributed by atoms with van der Waals surface area (Å²) >= 11 is 0. The van der Waals surface area contributed by atoms with Gasteiger partial charge >= 0.3 is 6.18 Å². The van der Waals surface area contributed by atoms with Gasteiger partial charge in [-0.25, -0.2) is 4.98 Å². The number of rotatable bonds is 7. The van der Waals surface area contributed by atoms with Crippen LogP contribution in [-0.4, -0.2) is 35.8 Å². The van der Waals surface area contributed by atoms with Crippen molar-refractivity contribution in [3.05, 3.63) is 12.4 Å². The third-order valence-electron chi connectivity index (χ3n) is 2.37. The van der Waals surface area contributed by atoms with Gasteiger partial charge < -0.3 is 10.2 Å². The van der Waals surface area contributed by atoms with Crippen LogP contribution in [0.25, 0.3) is 0 Å². The molecule has 0 aliphatic heterocycles. The third-order valence-corrected chi connectivity index (χ3v) is 2.37. The van der Waals surface area contributed by atoms with Gasteiger partial charge in [0.25, 0.3) is 0 Å². The molecule has 19 heavy (non-hydrogen) atoms. The largest absolute Gasteiger partial charge is 0.405 e. The predicted octanol–water partition coefficient (Wildman–Crippen LogP) is 3.08. The minimum Gasteiger partial charge on any atom is -0.369 e. The molecule has 1 aromatic rings. The predicted molar refractivity (Wildman–Crippen MR) is 69.4 cm³/mol. The molecule has 1 heterocycles. The van der Waals surface area contributed by atoms with E-state index in [2.05, 4.69) is 15.3 Å². The first kappa shape index (κ1) is 15.5. The standard InChI is InChI=1S/C12H19F3N4/c1-3-5-17-10-7-16-8-11(18-10)19(6-4-2)9-12(13,14)15/h7-8H,3-6,9H2,1-2H3,(H,17,18). The molecule has 0 aliphatic carbocycles. The summed E-state index contributed by atoms with van der Waals surface area (Å²) in [5.41, 5.74) is 0. The topological polar surface area (TPSA) is 41.1 Å². The van der Waals surface area contributed by atoms with Gasteiger partial charge in [-0.05, 0) is 12.8 Å². The zero-order valence-corrected chi connectivity index (χ0v) is 11.2. The lowest BCUT2D eigenvalue weighted by atomic mass is 10.4. The molecule has 0 spiro atoms. The Morgan fingerprint density at radius 3 is 2.53 bits per heavy atom. The van der Waals surface area contributed by atoms with Crippen molar-refractivity contribution in [3.8, 4) is 0 Å². The molecule has 7 heteroatoms. The Balaban J connectivity index is 2.83. The summed E-state index contributed by atoms with van der Waals surface area (Å²) in [5, 5.41) is 3.01. The van der Waals surface area contributed by atoms with Gasteiger partial charge in [0, 0.05) is 13.1 Å². The highest BCUT2D eigenvalue weighted by atomic mass is 19.4. The summed E-state index contributed by atoms with van der Waals surface area (Å²) in [7, 11) is 0. The monoisotopic (exact) mass is 276 g/mol. The van der Waals surface area contributed by atoms with E-state index < -0.39 is 12.7 Å². The molecule has 0 amide bonds. The van der Waals surface area contributed by atoms with Crippen molar-refractivity contribution in [2.24, 2.45) is 0 Å². The minimum atomic E-state index is -4.25. The smallest absolute Gasteiger partial charge is 0.369 e. The lowest BCUT2D eigenvalue weighted by molar-refractivity contribution is -0.119. The van der Waals surface area contributed by atoms with Crippen LogP contribution in [0.5, 0.6) is 0 Å². The van der Waals surface area contributed by atoms with Crippen LogP contribution in [0.2, 0.25) is 0 Å². The number of anilines is 2. The van der Waals surface area contributed by atoms with Gasteiger partial charge in [-0.3, -0.25) is 4.98 Å². The maximum Gasteiger partial charge on any atom is 0.405 e. The van der Waals surface area contributed by atoms with Crippen molar-refractivity contribution in [3.63, 3.8) is 0 Å². The Bertz CT molecular complexity index is 381. The number of nitrogens with zero attached hydrogens (tertiary/aromatic N) is 3. The van der Waals surface area contributed by atoms with E-state index in [1.807, 2.05) is 13.8 Å². The Morgan fingerprint density at radius 2 is 1.95 bits per heavy atom. The number of halogens is 3. The van der Waals surface area contributed by atoms with E-state index in [1.165, 1.54) is 17.3 Å². The number of alkyl halides is 3. The molecule has 0 aliphatic rings. The zero-order valence-electron chi connectivity index (χ0n) is 11.2. The summed E-state index contributed by atoms with van der Waals surface area (Å²) in [5.74, 6) is 0.753. The van der Waals surface area contributed by atoms with Crippen molar-refractivity contribution >= 4 is 11.6 Å². The first-order valence-electron chi connectivity index (χ1n) is 6.34. The Morgan fingerprint density at radius 1 is 1.21 bits per heavy atom. The van der Waals surface area contributed by atoms with Gasteiger partial charge in [0.15, 0.2) is 0 Å². The van der Waals surface area contributed by atoms with E-state index in [0.717, 1.165) is 6.42 Å². The van der Waals surface area contributed by atoms with Crippen LogP contribution in [0.4, 0.5) is 24.8 Å². The van der Waals surface area contributed by atoms with Gasteiger partial charge in [0.05, 0.1) is 12.4 Å². The molecule has 1 aromatic heterocycles. The van der Waals surface area contributed by atoms with Gasteiger partial charge in [-0.2, -0.15) is 13.2 Å². The van der Waals surface area contributed by atoms with E-state index in [-0.39, 0.29) is 5.82 Å². The second kappa shape index (κ2) is 7.16. The molecule has 0 unspecified atom stereocenters. The quantitative estimate of drug-likeness (QED) is 0.831. The van der Waals surface area contributed by atoms with Crippen LogP contribution in [-0.2, 0) is 0 Å². The molecule has 0 saturated carbocycles. The van der Waals surface area contributed by atoms with Crippen molar-refractivity contribution in [1.82, 2.24) is 9.97 Å². The van der Waals surface area contributed by atoms with Gasteiger partial charge in [-0.15, -0.1) is 0 Å². The molecule has 1 rings (SSSR count). The van der Waals surface area contributed by atoms with Gasteiger partial charge in [0.1, 0.15) is 18.2 Å². The van der Waals surface area contributed by atoms with Crippen molar-refractivity contribution in [2.45, 2.75) is 32.9 Å². The summed E-state index contributed by atoms with van der Waals surface area (Å²) in [6.07, 6.45) is 0.149. The first-order valence-corrected chi connectivity index (χ1v) is 6.34. The van der Waals surface area contributed by atoms with Crippen molar-refractivity contribution < 1.29 is 13.2 Å². The second-order valence-electron chi connectivity index (χ2n) is 4.23. The number of hydrogen-bond acceptors (Lipinski definition) is 4.